The van der Waals surface area contributed by atoms with Crippen molar-refractivity contribution in [1.82, 2.24) is 19.8 Å². The third-order valence-corrected chi connectivity index (χ3v) is 6.58. The lowest BCUT2D eigenvalue weighted by Crippen LogP contribution is -2.48. The maximum atomic E-state index is 11.6. The van der Waals surface area contributed by atoms with Gasteiger partial charge in [0.1, 0.15) is 16.1 Å². The monoisotopic (exact) mass is 394 g/mol. The molecule has 0 radical (unpaired) electrons. The van der Waals surface area contributed by atoms with Crippen molar-refractivity contribution < 1.29 is 9.53 Å². The fraction of sp³-hybridized carbons (Fsp3) is 0.381. The van der Waals surface area contributed by atoms with Crippen LogP contribution in [0.1, 0.15) is 18.9 Å². The van der Waals surface area contributed by atoms with E-state index in [9.17, 15) is 4.79 Å². The van der Waals surface area contributed by atoms with Crippen LogP contribution in [0.15, 0.2) is 42.6 Å². The average molecular weight is 395 g/mol. The van der Waals surface area contributed by atoms with Crippen LogP contribution < -0.4 is 4.74 Å². The van der Waals surface area contributed by atoms with E-state index in [4.69, 9.17) is 4.74 Å². The lowest BCUT2D eigenvalue weighted by molar-refractivity contribution is -0.131. The number of carbonyl (C=O) groups is 1. The summed E-state index contributed by atoms with van der Waals surface area (Å²) >= 11 is 1.45. The number of hydrogen-bond donors (Lipinski definition) is 0. The zero-order chi connectivity index (χ0) is 19.1. The molecule has 6 nitrogen and oxygen atoms in total. The van der Waals surface area contributed by atoms with Crippen LogP contribution in [0.2, 0.25) is 0 Å². The largest absolute Gasteiger partial charge is 0.431 e. The van der Waals surface area contributed by atoms with Crippen LogP contribution in [0.25, 0.3) is 10.3 Å². The van der Waals surface area contributed by atoms with Gasteiger partial charge < -0.3 is 9.64 Å². The molecule has 0 aliphatic carbocycles. The van der Waals surface area contributed by atoms with E-state index in [1.54, 1.807) is 13.1 Å². The maximum absolute atomic E-state index is 11.6. The number of piperazine rings is 1. The van der Waals surface area contributed by atoms with E-state index in [2.05, 4.69) is 27.0 Å². The lowest BCUT2D eigenvalue weighted by atomic mass is 10.1. The molecule has 2 atom stereocenters. The van der Waals surface area contributed by atoms with Gasteiger partial charge in [0.05, 0.1) is 0 Å². The highest BCUT2D eigenvalue weighted by Crippen LogP contribution is 2.32. The van der Waals surface area contributed by atoms with Gasteiger partial charge >= 0.3 is 0 Å². The van der Waals surface area contributed by atoms with Gasteiger partial charge in [-0.3, -0.25) is 9.69 Å². The van der Waals surface area contributed by atoms with Crippen molar-refractivity contribution in [3.63, 3.8) is 0 Å². The topological polar surface area (TPSA) is 58.6 Å². The Balaban J connectivity index is 1.17. The minimum Gasteiger partial charge on any atom is -0.431 e. The number of amides is 1. The predicted molar refractivity (Wildman–Crippen MR) is 109 cm³/mol. The van der Waals surface area contributed by atoms with Gasteiger partial charge in [-0.05, 0) is 42.7 Å². The highest BCUT2D eigenvalue weighted by Gasteiger charge is 2.43. The van der Waals surface area contributed by atoms with Crippen molar-refractivity contribution in [3.8, 4) is 10.9 Å². The molecule has 2 bridgehead atoms. The van der Waals surface area contributed by atoms with Crippen molar-refractivity contribution in [2.24, 2.45) is 0 Å². The van der Waals surface area contributed by atoms with Gasteiger partial charge in [-0.15, -0.1) is 0 Å². The van der Waals surface area contributed by atoms with Crippen LogP contribution in [-0.2, 0) is 11.2 Å². The molecule has 1 aromatic carbocycles. The molecule has 0 saturated carbocycles. The van der Waals surface area contributed by atoms with Gasteiger partial charge in [0.25, 0.3) is 5.19 Å². The number of rotatable bonds is 5. The Labute approximate surface area is 167 Å². The Morgan fingerprint density at radius 2 is 2.07 bits per heavy atom. The summed E-state index contributed by atoms with van der Waals surface area (Å²) in [5.74, 6) is 1.01. The first-order valence-corrected chi connectivity index (χ1v) is 10.5. The van der Waals surface area contributed by atoms with E-state index >= 15 is 0 Å². The van der Waals surface area contributed by atoms with Crippen molar-refractivity contribution in [3.05, 3.63) is 48.2 Å². The molecule has 2 aliphatic heterocycles. The third-order valence-electron chi connectivity index (χ3n) is 5.72. The number of ether oxygens (including phenoxy) is 1. The van der Waals surface area contributed by atoms with Crippen molar-refractivity contribution in [2.75, 3.05) is 19.6 Å². The number of nitrogens with zero attached hydrogens (tertiary/aromatic N) is 4. The van der Waals surface area contributed by atoms with E-state index in [1.807, 2.05) is 29.2 Å². The minimum absolute atomic E-state index is 0.214. The van der Waals surface area contributed by atoms with Crippen LogP contribution in [-0.4, -0.2) is 57.4 Å². The fourth-order valence-corrected chi connectivity index (χ4v) is 5.08. The summed E-state index contributed by atoms with van der Waals surface area (Å²) in [4.78, 5) is 25.8. The number of fused-ring (bicyclic) bond motifs is 3. The van der Waals surface area contributed by atoms with Gasteiger partial charge in [-0.1, -0.05) is 23.5 Å². The van der Waals surface area contributed by atoms with Crippen LogP contribution in [0, 0.1) is 0 Å². The Morgan fingerprint density at radius 3 is 2.79 bits per heavy atom. The number of pyridine rings is 1. The molecule has 1 amide bonds. The summed E-state index contributed by atoms with van der Waals surface area (Å²) in [6.07, 6.45) is 3.90. The summed E-state index contributed by atoms with van der Waals surface area (Å²) in [6, 6.07) is 13.0. The number of likely N-dealkylation sites (tertiary alicyclic amines) is 2. The summed E-state index contributed by atoms with van der Waals surface area (Å²) in [5, 5.41) is 0.615. The fourth-order valence-electron chi connectivity index (χ4n) is 4.30. The number of aromatic nitrogens is 2. The molecule has 2 saturated heterocycles. The van der Waals surface area contributed by atoms with Crippen molar-refractivity contribution >= 4 is 27.6 Å². The Kier molecular flexibility index (Phi) is 4.49. The zero-order valence-corrected chi connectivity index (χ0v) is 16.6. The standard InChI is InChI=1S/C21H22N4O2S/c1-14(26)25-13-16-11-17(25)12-24(16)10-8-15-4-6-18(7-5-15)27-21-23-19-3-2-9-22-20(19)28-21/h2-7,9,16-17H,8,10-13H2,1H3/t16-,17-/m0/s1. The molecule has 7 heteroatoms. The molecule has 2 aliphatic rings. The van der Waals surface area contributed by atoms with Crippen LogP contribution in [0.4, 0.5) is 0 Å². The molecule has 4 heterocycles. The molecule has 3 aromatic rings. The Hall–Kier alpha value is -2.51. The zero-order valence-electron chi connectivity index (χ0n) is 15.7. The van der Waals surface area contributed by atoms with E-state index in [0.29, 0.717) is 17.3 Å². The van der Waals surface area contributed by atoms with Gasteiger partial charge in [0.2, 0.25) is 5.91 Å². The first-order valence-electron chi connectivity index (χ1n) is 9.65. The summed E-state index contributed by atoms with van der Waals surface area (Å²) in [5.41, 5.74) is 2.16. The summed E-state index contributed by atoms with van der Waals surface area (Å²) in [6.45, 7) is 4.62. The quantitative estimate of drug-likeness (QED) is 0.664. The smallest absolute Gasteiger partial charge is 0.281 e. The summed E-state index contributed by atoms with van der Waals surface area (Å²) in [7, 11) is 0. The van der Waals surface area contributed by atoms with Gasteiger partial charge in [-0.2, -0.15) is 0 Å². The van der Waals surface area contributed by atoms with E-state index in [1.165, 1.54) is 16.9 Å². The highest BCUT2D eigenvalue weighted by atomic mass is 32.1. The van der Waals surface area contributed by atoms with Gasteiger partial charge in [0.15, 0.2) is 0 Å². The molecular formula is C21H22N4O2S. The number of hydrogen-bond acceptors (Lipinski definition) is 6. The molecule has 28 heavy (non-hydrogen) atoms. The molecule has 5 rings (SSSR count). The lowest BCUT2D eigenvalue weighted by Gasteiger charge is -2.33. The second-order valence-corrected chi connectivity index (χ2v) is 8.45. The minimum atomic E-state index is 0.214. The van der Waals surface area contributed by atoms with E-state index in [0.717, 1.165) is 48.6 Å². The molecule has 144 valence electrons. The number of thiazole rings is 1. The maximum Gasteiger partial charge on any atom is 0.281 e. The average Bonchev–Trinajstić information content (AvgIpc) is 3.40. The first-order chi connectivity index (χ1) is 13.7. The molecular weight excluding hydrogens is 372 g/mol. The SMILES string of the molecule is CC(=O)N1C[C@@H]2C[C@H]1CN2CCc1ccc(Oc2nc3cccnc3s2)cc1. The molecule has 2 aromatic heterocycles. The van der Waals surface area contributed by atoms with Crippen LogP contribution in [0.3, 0.4) is 0 Å². The molecule has 2 fully saturated rings. The number of carbonyl (C=O) groups excluding carboxylic acids is 1. The van der Waals surface area contributed by atoms with E-state index in [-0.39, 0.29) is 5.91 Å². The van der Waals surface area contributed by atoms with Crippen LogP contribution >= 0.6 is 11.3 Å². The van der Waals surface area contributed by atoms with Gasteiger partial charge in [-0.25, -0.2) is 9.97 Å². The Morgan fingerprint density at radius 1 is 1.21 bits per heavy atom. The van der Waals surface area contributed by atoms with Crippen molar-refractivity contribution in [1.29, 1.82) is 0 Å². The normalized spacial score (nSPS) is 21.5. The Bertz CT molecular complexity index is 970. The van der Waals surface area contributed by atoms with Crippen LogP contribution in [0.5, 0.6) is 10.9 Å². The van der Waals surface area contributed by atoms with E-state index < -0.39 is 0 Å². The molecule has 0 spiro atoms. The van der Waals surface area contributed by atoms with Crippen molar-refractivity contribution in [2.45, 2.75) is 31.8 Å². The molecule has 0 unspecified atom stereocenters. The number of benzene rings is 1. The third kappa shape index (κ3) is 3.36. The highest BCUT2D eigenvalue weighted by molar-refractivity contribution is 7.19. The molecule has 0 N–H and O–H groups in total. The first kappa shape index (κ1) is 17.6. The predicted octanol–water partition coefficient (Wildman–Crippen LogP) is 3.33. The second kappa shape index (κ2) is 7.14. The summed E-state index contributed by atoms with van der Waals surface area (Å²) < 4.78 is 5.89. The van der Waals surface area contributed by atoms with Gasteiger partial charge in [0, 0.05) is 44.8 Å². The second-order valence-electron chi connectivity index (χ2n) is 7.51.